The molecule has 0 atom stereocenters. The molecule has 0 aromatic carbocycles. The fourth-order valence-electron chi connectivity index (χ4n) is 1.08. The maximum Gasteiger partial charge on any atom is 0.409 e. The SMILES string of the molecule is CCOC(=O)N1CC(CN)C1. The van der Waals surface area contributed by atoms with Crippen LogP contribution >= 0.6 is 0 Å². The van der Waals surface area contributed by atoms with Gasteiger partial charge in [0.05, 0.1) is 6.61 Å². The van der Waals surface area contributed by atoms with Crippen molar-refractivity contribution in [1.82, 2.24) is 4.90 Å². The van der Waals surface area contributed by atoms with E-state index in [0.29, 0.717) is 19.1 Å². The number of hydrogen-bond acceptors (Lipinski definition) is 3. The normalized spacial score (nSPS) is 17.8. The molecule has 1 aliphatic heterocycles. The highest BCUT2D eigenvalue weighted by molar-refractivity contribution is 5.68. The lowest BCUT2D eigenvalue weighted by molar-refractivity contribution is 0.0594. The number of likely N-dealkylation sites (tertiary alicyclic amines) is 1. The summed E-state index contributed by atoms with van der Waals surface area (Å²) in [6.45, 7) is 4.43. The first-order valence-corrected chi connectivity index (χ1v) is 3.89. The largest absolute Gasteiger partial charge is 0.450 e. The second-order valence-electron chi connectivity index (χ2n) is 2.71. The van der Waals surface area contributed by atoms with Crippen LogP contribution in [0.25, 0.3) is 0 Å². The molecule has 4 nitrogen and oxygen atoms in total. The quantitative estimate of drug-likeness (QED) is 0.617. The standard InChI is InChI=1S/C7H14N2O2/c1-2-11-7(10)9-4-6(3-8)5-9/h6H,2-5,8H2,1H3. The Balaban J connectivity index is 2.16. The van der Waals surface area contributed by atoms with Crippen LogP contribution < -0.4 is 5.73 Å². The molecular weight excluding hydrogens is 144 g/mol. The van der Waals surface area contributed by atoms with Crippen LogP contribution in [0.15, 0.2) is 0 Å². The maximum absolute atomic E-state index is 10.9. The van der Waals surface area contributed by atoms with E-state index in [0.717, 1.165) is 13.1 Å². The monoisotopic (exact) mass is 158 g/mol. The van der Waals surface area contributed by atoms with E-state index in [1.807, 2.05) is 0 Å². The highest BCUT2D eigenvalue weighted by Gasteiger charge is 2.29. The van der Waals surface area contributed by atoms with Gasteiger partial charge < -0.3 is 15.4 Å². The first-order valence-electron chi connectivity index (χ1n) is 3.89. The minimum atomic E-state index is -0.211. The number of ether oxygens (including phenoxy) is 1. The van der Waals surface area contributed by atoms with Gasteiger partial charge in [-0.25, -0.2) is 4.79 Å². The van der Waals surface area contributed by atoms with Crippen molar-refractivity contribution in [2.75, 3.05) is 26.2 Å². The van der Waals surface area contributed by atoms with Crippen LogP contribution in [-0.2, 0) is 4.74 Å². The Bertz CT molecular complexity index is 143. The Morgan fingerprint density at radius 3 is 2.82 bits per heavy atom. The lowest BCUT2D eigenvalue weighted by Crippen LogP contribution is -2.52. The van der Waals surface area contributed by atoms with Crippen LogP contribution in [0.4, 0.5) is 4.79 Å². The van der Waals surface area contributed by atoms with E-state index in [-0.39, 0.29) is 6.09 Å². The van der Waals surface area contributed by atoms with Gasteiger partial charge in [0.2, 0.25) is 0 Å². The Kier molecular flexibility index (Phi) is 2.70. The summed E-state index contributed by atoms with van der Waals surface area (Å²) >= 11 is 0. The number of amides is 1. The Hall–Kier alpha value is -0.770. The van der Waals surface area contributed by atoms with Gasteiger partial charge in [-0.3, -0.25) is 0 Å². The van der Waals surface area contributed by atoms with Gasteiger partial charge in [0.25, 0.3) is 0 Å². The van der Waals surface area contributed by atoms with Crippen LogP contribution in [-0.4, -0.2) is 37.2 Å². The second kappa shape index (κ2) is 3.57. The summed E-state index contributed by atoms with van der Waals surface area (Å²) in [4.78, 5) is 12.6. The highest BCUT2D eigenvalue weighted by atomic mass is 16.6. The number of carbonyl (C=O) groups is 1. The molecule has 1 heterocycles. The third-order valence-corrected chi connectivity index (χ3v) is 1.82. The average Bonchev–Trinajstić information content (AvgIpc) is 1.86. The minimum Gasteiger partial charge on any atom is -0.450 e. The molecule has 0 radical (unpaired) electrons. The predicted molar refractivity (Wildman–Crippen MR) is 41.1 cm³/mol. The minimum absolute atomic E-state index is 0.211. The van der Waals surface area contributed by atoms with E-state index in [2.05, 4.69) is 0 Å². The molecule has 1 fully saturated rings. The third kappa shape index (κ3) is 1.83. The number of rotatable bonds is 2. The highest BCUT2D eigenvalue weighted by Crippen LogP contribution is 2.14. The molecule has 1 aliphatic rings. The lowest BCUT2D eigenvalue weighted by atomic mass is 10.0. The smallest absolute Gasteiger partial charge is 0.409 e. The fourth-order valence-corrected chi connectivity index (χ4v) is 1.08. The summed E-state index contributed by atoms with van der Waals surface area (Å²) in [5, 5.41) is 0. The lowest BCUT2D eigenvalue weighted by Gasteiger charge is -2.37. The number of nitrogens with zero attached hydrogens (tertiary/aromatic N) is 1. The van der Waals surface area contributed by atoms with Crippen LogP contribution in [0.1, 0.15) is 6.92 Å². The molecule has 0 bridgehead atoms. The zero-order chi connectivity index (χ0) is 8.27. The molecule has 4 heteroatoms. The van der Waals surface area contributed by atoms with Crippen molar-refractivity contribution in [3.8, 4) is 0 Å². The van der Waals surface area contributed by atoms with Gasteiger partial charge in [-0.1, -0.05) is 0 Å². The number of carbonyl (C=O) groups excluding carboxylic acids is 1. The molecule has 1 rings (SSSR count). The van der Waals surface area contributed by atoms with E-state index < -0.39 is 0 Å². The van der Waals surface area contributed by atoms with E-state index >= 15 is 0 Å². The Morgan fingerprint density at radius 2 is 2.36 bits per heavy atom. The van der Waals surface area contributed by atoms with Gasteiger partial charge in [-0.2, -0.15) is 0 Å². The maximum atomic E-state index is 10.9. The van der Waals surface area contributed by atoms with Crippen molar-refractivity contribution < 1.29 is 9.53 Å². The Labute approximate surface area is 66.3 Å². The summed E-state index contributed by atoms with van der Waals surface area (Å²) in [5.74, 6) is 0.486. The van der Waals surface area contributed by atoms with Gasteiger partial charge in [-0.05, 0) is 13.5 Å². The molecule has 64 valence electrons. The van der Waals surface area contributed by atoms with Crippen LogP contribution in [0.2, 0.25) is 0 Å². The molecule has 0 aromatic heterocycles. The third-order valence-electron chi connectivity index (χ3n) is 1.82. The Morgan fingerprint density at radius 1 is 1.73 bits per heavy atom. The molecule has 0 saturated carbocycles. The van der Waals surface area contributed by atoms with Gasteiger partial charge in [-0.15, -0.1) is 0 Å². The molecule has 0 aliphatic carbocycles. The van der Waals surface area contributed by atoms with Gasteiger partial charge in [0.1, 0.15) is 0 Å². The molecule has 1 saturated heterocycles. The average molecular weight is 158 g/mol. The first kappa shape index (κ1) is 8.33. The van der Waals surface area contributed by atoms with Crippen molar-refractivity contribution in [2.24, 2.45) is 11.7 Å². The molecule has 0 unspecified atom stereocenters. The summed E-state index contributed by atoms with van der Waals surface area (Å²) < 4.78 is 4.78. The van der Waals surface area contributed by atoms with Gasteiger partial charge in [0, 0.05) is 19.0 Å². The fraction of sp³-hybridized carbons (Fsp3) is 0.857. The van der Waals surface area contributed by atoms with E-state index in [1.165, 1.54) is 0 Å². The molecule has 2 N–H and O–H groups in total. The summed E-state index contributed by atoms with van der Waals surface area (Å²) in [6.07, 6.45) is -0.211. The van der Waals surface area contributed by atoms with Crippen molar-refractivity contribution in [2.45, 2.75) is 6.92 Å². The zero-order valence-corrected chi connectivity index (χ0v) is 6.75. The van der Waals surface area contributed by atoms with Crippen molar-refractivity contribution in [1.29, 1.82) is 0 Å². The van der Waals surface area contributed by atoms with Gasteiger partial charge >= 0.3 is 6.09 Å². The zero-order valence-electron chi connectivity index (χ0n) is 6.75. The van der Waals surface area contributed by atoms with Crippen molar-refractivity contribution in [3.63, 3.8) is 0 Å². The first-order chi connectivity index (χ1) is 5.27. The summed E-state index contributed by atoms with van der Waals surface area (Å²) in [7, 11) is 0. The summed E-state index contributed by atoms with van der Waals surface area (Å²) in [5.41, 5.74) is 5.39. The molecule has 0 aromatic rings. The van der Waals surface area contributed by atoms with Crippen molar-refractivity contribution in [3.05, 3.63) is 0 Å². The van der Waals surface area contributed by atoms with E-state index in [1.54, 1.807) is 11.8 Å². The van der Waals surface area contributed by atoms with E-state index in [4.69, 9.17) is 10.5 Å². The molecular formula is C7H14N2O2. The summed E-state index contributed by atoms with van der Waals surface area (Å²) in [6, 6.07) is 0. The topological polar surface area (TPSA) is 55.6 Å². The van der Waals surface area contributed by atoms with Crippen LogP contribution in [0.3, 0.4) is 0 Å². The van der Waals surface area contributed by atoms with Crippen LogP contribution in [0, 0.1) is 5.92 Å². The second-order valence-corrected chi connectivity index (χ2v) is 2.71. The van der Waals surface area contributed by atoms with E-state index in [9.17, 15) is 4.79 Å². The van der Waals surface area contributed by atoms with Gasteiger partial charge in [0.15, 0.2) is 0 Å². The van der Waals surface area contributed by atoms with Crippen molar-refractivity contribution >= 4 is 6.09 Å². The number of nitrogens with two attached hydrogens (primary N) is 1. The molecule has 11 heavy (non-hydrogen) atoms. The predicted octanol–water partition coefficient (Wildman–Crippen LogP) is 0.0334. The number of hydrogen-bond donors (Lipinski definition) is 1. The molecule has 0 spiro atoms. The van der Waals surface area contributed by atoms with Crippen LogP contribution in [0.5, 0.6) is 0 Å². The molecule has 1 amide bonds.